The number of ether oxygens (including phenoxy) is 1. The topological polar surface area (TPSA) is 72.8 Å². The van der Waals surface area contributed by atoms with Crippen molar-refractivity contribution in [2.75, 3.05) is 25.1 Å². The van der Waals surface area contributed by atoms with Crippen molar-refractivity contribution in [3.8, 4) is 0 Å². The molecule has 1 aromatic carbocycles. The minimum atomic E-state index is 0.659. The Morgan fingerprint density at radius 1 is 1.29 bits per heavy atom. The Balaban J connectivity index is 1.65. The minimum Gasteiger partial charge on any atom is -0.382 e. The van der Waals surface area contributed by atoms with Crippen molar-refractivity contribution >= 4 is 50.7 Å². The van der Waals surface area contributed by atoms with Crippen LogP contribution in [0.1, 0.15) is 13.3 Å². The lowest BCUT2D eigenvalue weighted by Crippen LogP contribution is -2.05. The van der Waals surface area contributed by atoms with Gasteiger partial charge in [0, 0.05) is 30.2 Å². The van der Waals surface area contributed by atoms with E-state index < -0.39 is 0 Å². The molecule has 126 valence electrons. The van der Waals surface area contributed by atoms with Gasteiger partial charge in [0.05, 0.1) is 5.52 Å². The fourth-order valence-corrected chi connectivity index (χ4v) is 3.94. The van der Waals surface area contributed by atoms with Crippen LogP contribution in [-0.2, 0) is 4.74 Å². The zero-order valence-corrected chi connectivity index (χ0v) is 15.4. The van der Waals surface area contributed by atoms with Crippen LogP contribution in [0.2, 0.25) is 5.02 Å². The highest BCUT2D eigenvalue weighted by Gasteiger charge is 2.10. The molecule has 3 rings (SSSR count). The zero-order valence-electron chi connectivity index (χ0n) is 13.0. The molecule has 0 unspecified atom stereocenters. The first-order chi connectivity index (χ1) is 11.8. The lowest BCUT2D eigenvalue weighted by Gasteiger charge is -2.02. The van der Waals surface area contributed by atoms with Crippen LogP contribution in [0.3, 0.4) is 0 Å². The lowest BCUT2D eigenvalue weighted by atomic mass is 10.2. The quantitative estimate of drug-likeness (QED) is 0.464. The third-order valence-corrected chi connectivity index (χ3v) is 5.28. The van der Waals surface area contributed by atoms with E-state index in [0.717, 1.165) is 51.6 Å². The second kappa shape index (κ2) is 8.57. The highest BCUT2D eigenvalue weighted by atomic mass is 35.5. The van der Waals surface area contributed by atoms with Crippen molar-refractivity contribution in [1.82, 2.24) is 20.2 Å². The van der Waals surface area contributed by atoms with Crippen LogP contribution in [0.5, 0.6) is 0 Å². The van der Waals surface area contributed by atoms with Crippen LogP contribution >= 0.6 is 34.7 Å². The molecular formula is C15H16ClN5OS2. The number of hydrogen-bond donors (Lipinski definition) is 1. The first-order valence-corrected chi connectivity index (χ1v) is 9.50. The van der Waals surface area contributed by atoms with Gasteiger partial charge in [-0.05, 0) is 43.3 Å². The maximum atomic E-state index is 6.01. The average molecular weight is 382 g/mol. The van der Waals surface area contributed by atoms with E-state index in [1.165, 1.54) is 29.4 Å². The molecule has 0 amide bonds. The summed E-state index contributed by atoms with van der Waals surface area (Å²) in [5.41, 5.74) is 0.818. The predicted octanol–water partition coefficient (Wildman–Crippen LogP) is 4.12. The zero-order chi connectivity index (χ0) is 16.8. The molecule has 0 aliphatic heterocycles. The first kappa shape index (κ1) is 17.3. The summed E-state index contributed by atoms with van der Waals surface area (Å²) >= 11 is 8.99. The van der Waals surface area contributed by atoms with Crippen molar-refractivity contribution in [2.45, 2.75) is 22.7 Å². The Morgan fingerprint density at radius 3 is 3.08 bits per heavy atom. The molecule has 0 spiro atoms. The highest BCUT2D eigenvalue weighted by Crippen LogP contribution is 2.34. The average Bonchev–Trinajstić information content (AvgIpc) is 3.02. The van der Waals surface area contributed by atoms with E-state index >= 15 is 0 Å². The number of anilines is 1. The van der Waals surface area contributed by atoms with Crippen molar-refractivity contribution in [1.29, 1.82) is 0 Å². The number of nitrogens with zero attached hydrogens (tertiary/aromatic N) is 4. The van der Waals surface area contributed by atoms with Crippen LogP contribution < -0.4 is 5.32 Å². The molecule has 1 N–H and O–H groups in total. The van der Waals surface area contributed by atoms with Gasteiger partial charge in [0.2, 0.25) is 5.13 Å². The molecule has 0 bridgehead atoms. The van der Waals surface area contributed by atoms with Crippen LogP contribution in [-0.4, -0.2) is 39.9 Å². The Morgan fingerprint density at radius 2 is 2.21 bits per heavy atom. The smallest absolute Gasteiger partial charge is 0.206 e. The summed E-state index contributed by atoms with van der Waals surface area (Å²) in [6.45, 7) is 4.30. The molecule has 24 heavy (non-hydrogen) atoms. The van der Waals surface area contributed by atoms with E-state index in [0.29, 0.717) is 5.02 Å². The molecule has 2 heterocycles. The molecule has 0 atom stereocenters. The summed E-state index contributed by atoms with van der Waals surface area (Å²) in [4.78, 5) is 8.60. The summed E-state index contributed by atoms with van der Waals surface area (Å²) in [6, 6.07) is 5.59. The largest absolute Gasteiger partial charge is 0.382 e. The number of benzene rings is 1. The van der Waals surface area contributed by atoms with Gasteiger partial charge < -0.3 is 10.1 Å². The molecule has 0 aliphatic carbocycles. The van der Waals surface area contributed by atoms with E-state index in [1.54, 1.807) is 0 Å². The van der Waals surface area contributed by atoms with Crippen molar-refractivity contribution in [3.63, 3.8) is 0 Å². The van der Waals surface area contributed by atoms with E-state index in [9.17, 15) is 0 Å². The Bertz CT molecular complexity index is 813. The van der Waals surface area contributed by atoms with Gasteiger partial charge in [-0.3, -0.25) is 0 Å². The molecular weight excluding hydrogens is 366 g/mol. The summed E-state index contributed by atoms with van der Waals surface area (Å²) in [7, 11) is 0. The van der Waals surface area contributed by atoms with Crippen LogP contribution in [0.15, 0.2) is 33.9 Å². The lowest BCUT2D eigenvalue weighted by molar-refractivity contribution is 0.147. The Labute approximate surface area is 153 Å². The monoisotopic (exact) mass is 381 g/mol. The molecule has 0 saturated carbocycles. The van der Waals surface area contributed by atoms with E-state index in [1.807, 2.05) is 25.1 Å². The van der Waals surface area contributed by atoms with Crippen molar-refractivity contribution in [3.05, 3.63) is 29.5 Å². The summed E-state index contributed by atoms with van der Waals surface area (Å²) in [5.74, 6) is 0. The number of rotatable bonds is 8. The predicted molar refractivity (Wildman–Crippen MR) is 98.2 cm³/mol. The fraction of sp³-hybridized carbons (Fsp3) is 0.333. The number of halogens is 1. The maximum absolute atomic E-state index is 6.01. The summed E-state index contributed by atoms with van der Waals surface area (Å²) < 4.78 is 6.14. The second-order valence-electron chi connectivity index (χ2n) is 4.79. The van der Waals surface area contributed by atoms with Gasteiger partial charge in [-0.25, -0.2) is 9.97 Å². The van der Waals surface area contributed by atoms with Crippen LogP contribution in [0, 0.1) is 0 Å². The van der Waals surface area contributed by atoms with Gasteiger partial charge in [-0.1, -0.05) is 22.9 Å². The van der Waals surface area contributed by atoms with Crippen molar-refractivity contribution in [2.24, 2.45) is 0 Å². The number of hydrogen-bond acceptors (Lipinski definition) is 8. The van der Waals surface area contributed by atoms with Gasteiger partial charge in [-0.2, -0.15) is 0 Å². The van der Waals surface area contributed by atoms with Gasteiger partial charge in [0.1, 0.15) is 11.4 Å². The molecule has 3 aromatic rings. The molecule has 9 heteroatoms. The van der Waals surface area contributed by atoms with E-state index in [4.69, 9.17) is 16.3 Å². The van der Waals surface area contributed by atoms with E-state index in [-0.39, 0.29) is 0 Å². The molecule has 2 aromatic heterocycles. The Kier molecular flexibility index (Phi) is 6.19. The molecule has 6 nitrogen and oxygen atoms in total. The van der Waals surface area contributed by atoms with Gasteiger partial charge in [0.25, 0.3) is 0 Å². The second-order valence-corrected chi connectivity index (χ2v) is 7.44. The molecule has 0 aliphatic rings. The third kappa shape index (κ3) is 4.54. The minimum absolute atomic E-state index is 0.659. The maximum Gasteiger partial charge on any atom is 0.206 e. The third-order valence-electron chi connectivity index (χ3n) is 3.10. The van der Waals surface area contributed by atoms with E-state index in [2.05, 4.69) is 25.5 Å². The first-order valence-electron chi connectivity index (χ1n) is 7.49. The summed E-state index contributed by atoms with van der Waals surface area (Å²) in [5, 5.41) is 14.9. The number of nitrogens with one attached hydrogen (secondary N) is 1. The fourth-order valence-electron chi connectivity index (χ4n) is 2.01. The van der Waals surface area contributed by atoms with Crippen LogP contribution in [0.25, 0.3) is 10.9 Å². The van der Waals surface area contributed by atoms with Gasteiger partial charge in [0.15, 0.2) is 4.34 Å². The highest BCUT2D eigenvalue weighted by molar-refractivity contribution is 8.01. The number of fused-ring (bicyclic) bond motifs is 1. The summed E-state index contributed by atoms with van der Waals surface area (Å²) in [6.07, 6.45) is 2.47. The Hall–Kier alpha value is -1.48. The van der Waals surface area contributed by atoms with Crippen LogP contribution in [0.4, 0.5) is 5.13 Å². The SMILES string of the molecule is CCOCCCNc1nnc(Sc2ncnc3cc(Cl)ccc23)s1. The molecule has 0 fully saturated rings. The van der Waals surface area contributed by atoms with Gasteiger partial charge in [-0.15, -0.1) is 10.2 Å². The molecule has 0 radical (unpaired) electrons. The molecule has 0 saturated heterocycles. The standard InChI is InChI=1S/C15H16ClN5OS2/c1-2-22-7-3-6-17-14-20-21-15(24-14)23-13-11-5-4-10(16)8-12(11)18-9-19-13/h4-5,8-9H,2-3,6-7H2,1H3,(H,17,20). The van der Waals surface area contributed by atoms with Crippen molar-refractivity contribution < 1.29 is 4.74 Å². The van der Waals surface area contributed by atoms with Gasteiger partial charge >= 0.3 is 0 Å². The number of aromatic nitrogens is 4. The normalized spacial score (nSPS) is 11.1.